The smallest absolute Gasteiger partial charge is 0.137 e. The summed E-state index contributed by atoms with van der Waals surface area (Å²) in [5.74, 6) is 0. The largest absolute Gasteiger partial charge is 0.456 e. The van der Waals surface area contributed by atoms with Gasteiger partial charge in [-0.25, -0.2) is 0 Å². The van der Waals surface area contributed by atoms with Crippen molar-refractivity contribution in [2.24, 2.45) is 0 Å². The standard InChI is InChI=1S/C21H17NO/c1-13(2)22-17-9-5-3-7-14(17)15-11-12-19-20(21(15)22)16-8-4-6-10-18(16)23-19/h3-13H,1-2H3. The van der Waals surface area contributed by atoms with Gasteiger partial charge in [0.15, 0.2) is 0 Å². The molecule has 5 aromatic rings. The second kappa shape index (κ2) is 4.39. The second-order valence-electron chi connectivity index (χ2n) is 6.41. The number of aromatic nitrogens is 1. The van der Waals surface area contributed by atoms with Gasteiger partial charge in [0.2, 0.25) is 0 Å². The molecular formula is C21H17NO. The van der Waals surface area contributed by atoms with Crippen LogP contribution in [0.4, 0.5) is 0 Å². The van der Waals surface area contributed by atoms with E-state index in [1.165, 1.54) is 32.6 Å². The molecule has 2 heteroatoms. The molecule has 0 unspecified atom stereocenters. The van der Waals surface area contributed by atoms with Crippen molar-refractivity contribution >= 4 is 43.7 Å². The fraction of sp³-hybridized carbons (Fsp3) is 0.143. The fourth-order valence-corrected chi connectivity index (χ4v) is 3.83. The molecule has 23 heavy (non-hydrogen) atoms. The van der Waals surface area contributed by atoms with Crippen molar-refractivity contribution < 1.29 is 4.42 Å². The van der Waals surface area contributed by atoms with Gasteiger partial charge in [-0.15, -0.1) is 0 Å². The van der Waals surface area contributed by atoms with Crippen molar-refractivity contribution in [2.75, 3.05) is 0 Å². The number of nitrogens with zero attached hydrogens (tertiary/aromatic N) is 1. The molecule has 2 heterocycles. The number of rotatable bonds is 1. The Balaban J connectivity index is 2.16. The Hall–Kier alpha value is -2.74. The van der Waals surface area contributed by atoms with Crippen LogP contribution in [-0.2, 0) is 0 Å². The van der Waals surface area contributed by atoms with Gasteiger partial charge in [0.1, 0.15) is 11.2 Å². The summed E-state index contributed by atoms with van der Waals surface area (Å²) in [6.07, 6.45) is 0. The van der Waals surface area contributed by atoms with E-state index in [-0.39, 0.29) is 0 Å². The molecule has 0 radical (unpaired) electrons. The molecular weight excluding hydrogens is 282 g/mol. The highest BCUT2D eigenvalue weighted by Gasteiger charge is 2.18. The van der Waals surface area contributed by atoms with Gasteiger partial charge in [0.05, 0.1) is 10.9 Å². The number of para-hydroxylation sites is 2. The molecule has 2 aromatic heterocycles. The zero-order chi connectivity index (χ0) is 15.6. The Morgan fingerprint density at radius 2 is 1.48 bits per heavy atom. The minimum absolute atomic E-state index is 0.386. The summed E-state index contributed by atoms with van der Waals surface area (Å²) in [6, 6.07) is 21.7. The molecule has 0 N–H and O–H groups in total. The number of benzene rings is 3. The molecule has 2 nitrogen and oxygen atoms in total. The van der Waals surface area contributed by atoms with Crippen LogP contribution >= 0.6 is 0 Å². The van der Waals surface area contributed by atoms with Gasteiger partial charge in [-0.2, -0.15) is 0 Å². The van der Waals surface area contributed by atoms with Gasteiger partial charge in [-0.3, -0.25) is 0 Å². The summed E-state index contributed by atoms with van der Waals surface area (Å²) < 4.78 is 8.52. The van der Waals surface area contributed by atoms with E-state index in [2.05, 4.69) is 66.9 Å². The van der Waals surface area contributed by atoms with Crippen molar-refractivity contribution in [1.82, 2.24) is 4.57 Å². The topological polar surface area (TPSA) is 18.1 Å². The molecule has 0 bridgehead atoms. The number of hydrogen-bond acceptors (Lipinski definition) is 1. The van der Waals surface area contributed by atoms with E-state index in [9.17, 15) is 0 Å². The molecule has 5 rings (SSSR count). The van der Waals surface area contributed by atoms with Crippen LogP contribution in [0.2, 0.25) is 0 Å². The zero-order valence-corrected chi connectivity index (χ0v) is 13.2. The molecule has 0 spiro atoms. The van der Waals surface area contributed by atoms with Gasteiger partial charge in [0, 0.05) is 27.7 Å². The molecule has 112 valence electrons. The van der Waals surface area contributed by atoms with Crippen molar-refractivity contribution in [2.45, 2.75) is 19.9 Å². The molecule has 0 aliphatic rings. The fourth-order valence-electron chi connectivity index (χ4n) is 3.83. The van der Waals surface area contributed by atoms with Crippen LogP contribution in [0.5, 0.6) is 0 Å². The second-order valence-corrected chi connectivity index (χ2v) is 6.41. The van der Waals surface area contributed by atoms with Crippen LogP contribution < -0.4 is 0 Å². The van der Waals surface area contributed by atoms with E-state index in [1.54, 1.807) is 0 Å². The quantitative estimate of drug-likeness (QED) is 0.356. The average molecular weight is 299 g/mol. The molecule has 0 aliphatic carbocycles. The maximum atomic E-state index is 6.08. The number of fused-ring (bicyclic) bond motifs is 7. The predicted octanol–water partition coefficient (Wildman–Crippen LogP) is 6.27. The maximum absolute atomic E-state index is 6.08. The molecule has 0 amide bonds. The highest BCUT2D eigenvalue weighted by atomic mass is 16.3. The SMILES string of the molecule is CC(C)n1c2ccccc2c2ccc3oc4ccccc4c3c21. The average Bonchev–Trinajstić information content (AvgIpc) is 3.10. The summed E-state index contributed by atoms with van der Waals surface area (Å²) in [4.78, 5) is 0. The van der Waals surface area contributed by atoms with Crippen LogP contribution in [0.1, 0.15) is 19.9 Å². The first-order chi connectivity index (χ1) is 11.3. The van der Waals surface area contributed by atoms with Crippen molar-refractivity contribution in [1.29, 1.82) is 0 Å². The molecule has 3 aromatic carbocycles. The number of furan rings is 1. The third-order valence-corrected chi connectivity index (χ3v) is 4.73. The molecule has 0 saturated heterocycles. The van der Waals surface area contributed by atoms with Crippen LogP contribution in [0.25, 0.3) is 43.7 Å². The van der Waals surface area contributed by atoms with Crippen molar-refractivity contribution in [3.63, 3.8) is 0 Å². The number of hydrogen-bond donors (Lipinski definition) is 0. The Morgan fingerprint density at radius 3 is 2.30 bits per heavy atom. The lowest BCUT2D eigenvalue weighted by Gasteiger charge is -2.12. The van der Waals surface area contributed by atoms with Crippen LogP contribution in [0, 0.1) is 0 Å². The molecule has 0 fully saturated rings. The summed E-state index contributed by atoms with van der Waals surface area (Å²) in [5.41, 5.74) is 4.48. The first kappa shape index (κ1) is 12.8. The highest BCUT2D eigenvalue weighted by molar-refractivity contribution is 6.23. The molecule has 0 aliphatic heterocycles. The highest BCUT2D eigenvalue weighted by Crippen LogP contribution is 2.40. The Bertz CT molecular complexity index is 1190. The summed E-state index contributed by atoms with van der Waals surface area (Å²) >= 11 is 0. The van der Waals surface area contributed by atoms with Crippen LogP contribution in [0.3, 0.4) is 0 Å². The van der Waals surface area contributed by atoms with Gasteiger partial charge < -0.3 is 8.98 Å². The van der Waals surface area contributed by atoms with Crippen molar-refractivity contribution in [3.8, 4) is 0 Å². The lowest BCUT2D eigenvalue weighted by Crippen LogP contribution is -1.99. The van der Waals surface area contributed by atoms with E-state index >= 15 is 0 Å². The minimum atomic E-state index is 0.386. The Morgan fingerprint density at radius 1 is 0.739 bits per heavy atom. The first-order valence-corrected chi connectivity index (χ1v) is 8.08. The van der Waals surface area contributed by atoms with E-state index in [4.69, 9.17) is 4.42 Å². The van der Waals surface area contributed by atoms with Crippen molar-refractivity contribution in [3.05, 3.63) is 60.7 Å². The van der Waals surface area contributed by atoms with E-state index < -0.39 is 0 Å². The summed E-state index contributed by atoms with van der Waals surface area (Å²) in [7, 11) is 0. The van der Waals surface area contributed by atoms with Gasteiger partial charge >= 0.3 is 0 Å². The predicted molar refractivity (Wildman–Crippen MR) is 97.1 cm³/mol. The monoisotopic (exact) mass is 299 g/mol. The third-order valence-electron chi connectivity index (χ3n) is 4.73. The Kier molecular flexibility index (Phi) is 2.44. The van der Waals surface area contributed by atoms with E-state index in [0.717, 1.165) is 11.2 Å². The van der Waals surface area contributed by atoms with Gasteiger partial charge in [0.25, 0.3) is 0 Å². The lowest BCUT2D eigenvalue weighted by atomic mass is 10.1. The molecule has 0 atom stereocenters. The van der Waals surface area contributed by atoms with E-state index in [0.29, 0.717) is 6.04 Å². The van der Waals surface area contributed by atoms with Crippen LogP contribution in [0.15, 0.2) is 65.1 Å². The third kappa shape index (κ3) is 1.58. The maximum Gasteiger partial charge on any atom is 0.137 e. The van der Waals surface area contributed by atoms with Crippen LogP contribution in [-0.4, -0.2) is 4.57 Å². The summed E-state index contributed by atoms with van der Waals surface area (Å²) in [5, 5.41) is 5.03. The normalized spacial score (nSPS) is 12.3. The summed E-state index contributed by atoms with van der Waals surface area (Å²) in [6.45, 7) is 4.49. The molecule has 0 saturated carbocycles. The van der Waals surface area contributed by atoms with E-state index in [1.807, 2.05) is 12.1 Å². The lowest BCUT2D eigenvalue weighted by molar-refractivity contribution is 0.643. The minimum Gasteiger partial charge on any atom is -0.456 e. The first-order valence-electron chi connectivity index (χ1n) is 8.08. The zero-order valence-electron chi connectivity index (χ0n) is 13.2. The Labute approximate surface area is 133 Å². The van der Waals surface area contributed by atoms with Gasteiger partial charge in [-0.1, -0.05) is 36.4 Å². The van der Waals surface area contributed by atoms with Gasteiger partial charge in [-0.05, 0) is 38.1 Å².